The number of rotatable bonds is 7. The predicted octanol–water partition coefficient (Wildman–Crippen LogP) is 3.37. The van der Waals surface area contributed by atoms with Crippen LogP contribution in [-0.4, -0.2) is 62.8 Å². The van der Waals surface area contributed by atoms with Gasteiger partial charge in [0.15, 0.2) is 5.82 Å². The van der Waals surface area contributed by atoms with Crippen LogP contribution in [0.2, 0.25) is 0 Å². The fourth-order valence-electron chi connectivity index (χ4n) is 3.85. The topological polar surface area (TPSA) is 84.9 Å². The van der Waals surface area contributed by atoms with E-state index in [-0.39, 0.29) is 4.90 Å². The third kappa shape index (κ3) is 4.94. The molecule has 0 unspecified atom stereocenters. The van der Waals surface area contributed by atoms with Crippen molar-refractivity contribution in [1.29, 1.82) is 0 Å². The quantitative estimate of drug-likeness (QED) is 0.526. The Morgan fingerprint density at radius 3 is 2.24 bits per heavy atom. The minimum Gasteiger partial charge on any atom is -0.496 e. The molecule has 2 heterocycles. The number of methoxy groups -OCH3 is 1. The average molecular weight is 469 g/mol. The van der Waals surface area contributed by atoms with Gasteiger partial charge in [-0.15, -0.1) is 10.2 Å². The first-order valence-electron chi connectivity index (χ1n) is 10.9. The second kappa shape index (κ2) is 9.76. The normalized spacial score (nSPS) is 14.8. The van der Waals surface area contributed by atoms with Crippen LogP contribution in [0.1, 0.15) is 12.5 Å². The van der Waals surface area contributed by atoms with Gasteiger partial charge in [0.25, 0.3) is 0 Å². The third-order valence-electron chi connectivity index (χ3n) is 5.68. The zero-order valence-corrected chi connectivity index (χ0v) is 19.9. The summed E-state index contributed by atoms with van der Waals surface area (Å²) in [5.74, 6) is 2.23. The minimum atomic E-state index is -3.56. The molecule has 3 aromatic rings. The van der Waals surface area contributed by atoms with Crippen LogP contribution in [0.5, 0.6) is 11.5 Å². The van der Waals surface area contributed by atoms with Gasteiger partial charge in [0, 0.05) is 31.7 Å². The summed E-state index contributed by atoms with van der Waals surface area (Å²) in [6.07, 6.45) is 0. The van der Waals surface area contributed by atoms with Gasteiger partial charge in [0.2, 0.25) is 10.0 Å². The maximum Gasteiger partial charge on any atom is 0.243 e. The molecular formula is C24H28N4O4S. The van der Waals surface area contributed by atoms with Crippen LogP contribution in [0.3, 0.4) is 0 Å². The van der Waals surface area contributed by atoms with E-state index in [4.69, 9.17) is 9.47 Å². The molecule has 0 radical (unpaired) electrons. The SMILES string of the molecule is CCOc1ccc(-c2ccc(N3CCN(S(=O)(=O)c4ccc(OC)c(C)c4)CC3)nn2)cc1. The van der Waals surface area contributed by atoms with E-state index in [0.717, 1.165) is 28.4 Å². The minimum absolute atomic E-state index is 0.286. The highest BCUT2D eigenvalue weighted by molar-refractivity contribution is 7.89. The van der Waals surface area contributed by atoms with Crippen molar-refractivity contribution in [3.8, 4) is 22.8 Å². The van der Waals surface area contributed by atoms with Gasteiger partial charge in [0.05, 0.1) is 24.3 Å². The summed E-state index contributed by atoms with van der Waals surface area (Å²) < 4.78 is 38.4. The molecule has 0 aliphatic carbocycles. The Kier molecular flexibility index (Phi) is 6.80. The molecule has 1 aliphatic rings. The summed E-state index contributed by atoms with van der Waals surface area (Å²) >= 11 is 0. The third-order valence-corrected chi connectivity index (χ3v) is 7.57. The van der Waals surface area contributed by atoms with Crippen molar-refractivity contribution in [2.24, 2.45) is 0 Å². The second-order valence-electron chi connectivity index (χ2n) is 7.76. The maximum atomic E-state index is 13.1. The molecule has 0 bridgehead atoms. The van der Waals surface area contributed by atoms with Gasteiger partial charge in [-0.05, 0) is 74.0 Å². The van der Waals surface area contributed by atoms with Gasteiger partial charge in [-0.3, -0.25) is 0 Å². The Labute approximate surface area is 194 Å². The van der Waals surface area contributed by atoms with Crippen molar-refractivity contribution in [3.63, 3.8) is 0 Å². The summed E-state index contributed by atoms with van der Waals surface area (Å²) in [5.41, 5.74) is 2.53. The number of piperazine rings is 1. The fourth-order valence-corrected chi connectivity index (χ4v) is 5.36. The molecule has 8 nitrogen and oxygen atoms in total. The molecule has 1 saturated heterocycles. The second-order valence-corrected chi connectivity index (χ2v) is 9.69. The highest BCUT2D eigenvalue weighted by atomic mass is 32.2. The van der Waals surface area contributed by atoms with Crippen molar-refractivity contribution in [2.75, 3.05) is 44.8 Å². The first-order valence-corrected chi connectivity index (χ1v) is 12.3. The Balaban J connectivity index is 1.41. The molecule has 4 rings (SSSR count). The zero-order valence-electron chi connectivity index (χ0n) is 19.1. The van der Waals surface area contributed by atoms with Crippen LogP contribution < -0.4 is 14.4 Å². The molecule has 0 N–H and O–H groups in total. The number of anilines is 1. The van der Waals surface area contributed by atoms with E-state index in [1.807, 2.05) is 50.2 Å². The number of sulfonamides is 1. The summed E-state index contributed by atoms with van der Waals surface area (Å²) in [6.45, 7) is 6.28. The number of aromatic nitrogens is 2. The molecule has 1 aromatic heterocycles. The van der Waals surface area contributed by atoms with Crippen molar-refractivity contribution in [1.82, 2.24) is 14.5 Å². The van der Waals surface area contributed by atoms with Crippen molar-refractivity contribution in [3.05, 3.63) is 60.2 Å². The van der Waals surface area contributed by atoms with E-state index in [1.165, 1.54) is 4.31 Å². The Morgan fingerprint density at radius 2 is 1.67 bits per heavy atom. The lowest BCUT2D eigenvalue weighted by molar-refractivity contribution is 0.340. The van der Waals surface area contributed by atoms with E-state index in [0.29, 0.717) is 38.5 Å². The molecular weight excluding hydrogens is 440 g/mol. The van der Waals surface area contributed by atoms with Crippen LogP contribution in [0.25, 0.3) is 11.3 Å². The summed E-state index contributed by atoms with van der Waals surface area (Å²) in [5, 5.41) is 8.74. The number of hydrogen-bond donors (Lipinski definition) is 0. The van der Waals surface area contributed by atoms with Crippen LogP contribution in [-0.2, 0) is 10.0 Å². The van der Waals surface area contributed by atoms with Crippen LogP contribution in [0.15, 0.2) is 59.5 Å². The molecule has 9 heteroatoms. The molecule has 0 amide bonds. The van der Waals surface area contributed by atoms with Crippen LogP contribution in [0, 0.1) is 6.92 Å². The summed E-state index contributed by atoms with van der Waals surface area (Å²) in [4.78, 5) is 2.34. The average Bonchev–Trinajstić information content (AvgIpc) is 2.85. The zero-order chi connectivity index (χ0) is 23.4. The number of benzene rings is 2. The lowest BCUT2D eigenvalue weighted by Gasteiger charge is -2.34. The molecule has 0 saturated carbocycles. The number of aryl methyl sites for hydroxylation is 1. The molecule has 1 fully saturated rings. The maximum absolute atomic E-state index is 13.1. The molecule has 174 valence electrons. The molecule has 33 heavy (non-hydrogen) atoms. The Morgan fingerprint density at radius 1 is 0.939 bits per heavy atom. The van der Waals surface area contributed by atoms with E-state index in [2.05, 4.69) is 15.1 Å². The smallest absolute Gasteiger partial charge is 0.243 e. The lowest BCUT2D eigenvalue weighted by atomic mass is 10.1. The van der Waals surface area contributed by atoms with Crippen molar-refractivity contribution >= 4 is 15.8 Å². The number of ether oxygens (including phenoxy) is 2. The standard InChI is InChI=1S/C24H28N4O4S/c1-4-32-20-7-5-19(6-8-20)22-10-12-24(26-25-22)27-13-15-28(16-14-27)33(29,30)21-9-11-23(31-3)18(2)17-21/h5-12,17H,4,13-16H2,1-3H3. The number of hydrogen-bond acceptors (Lipinski definition) is 7. The molecule has 2 aromatic carbocycles. The summed E-state index contributed by atoms with van der Waals surface area (Å²) in [7, 11) is -1.99. The first-order chi connectivity index (χ1) is 15.9. The first kappa shape index (κ1) is 23.0. The highest BCUT2D eigenvalue weighted by Crippen LogP contribution is 2.26. The fraction of sp³-hybridized carbons (Fsp3) is 0.333. The molecule has 0 spiro atoms. The van der Waals surface area contributed by atoms with E-state index in [9.17, 15) is 8.42 Å². The Hall–Kier alpha value is -3.17. The van der Waals surface area contributed by atoms with Gasteiger partial charge in [0.1, 0.15) is 11.5 Å². The van der Waals surface area contributed by atoms with Crippen LogP contribution >= 0.6 is 0 Å². The van der Waals surface area contributed by atoms with Gasteiger partial charge in [-0.1, -0.05) is 0 Å². The number of nitrogens with zero attached hydrogens (tertiary/aromatic N) is 4. The highest BCUT2D eigenvalue weighted by Gasteiger charge is 2.29. The van der Waals surface area contributed by atoms with Crippen LogP contribution in [0.4, 0.5) is 5.82 Å². The molecule has 1 aliphatic heterocycles. The largest absolute Gasteiger partial charge is 0.496 e. The lowest BCUT2D eigenvalue weighted by Crippen LogP contribution is -2.49. The predicted molar refractivity (Wildman–Crippen MR) is 127 cm³/mol. The van der Waals surface area contributed by atoms with Crippen molar-refractivity contribution < 1.29 is 17.9 Å². The van der Waals surface area contributed by atoms with E-state index < -0.39 is 10.0 Å². The van der Waals surface area contributed by atoms with E-state index >= 15 is 0 Å². The van der Waals surface area contributed by atoms with Gasteiger partial charge >= 0.3 is 0 Å². The van der Waals surface area contributed by atoms with Gasteiger partial charge in [-0.2, -0.15) is 4.31 Å². The van der Waals surface area contributed by atoms with Gasteiger partial charge < -0.3 is 14.4 Å². The van der Waals surface area contributed by atoms with Crippen molar-refractivity contribution in [2.45, 2.75) is 18.7 Å². The van der Waals surface area contributed by atoms with E-state index in [1.54, 1.807) is 25.3 Å². The molecule has 0 atom stereocenters. The van der Waals surface area contributed by atoms with Gasteiger partial charge in [-0.25, -0.2) is 8.42 Å². The Bertz CT molecular complexity index is 1190. The monoisotopic (exact) mass is 468 g/mol. The summed E-state index contributed by atoms with van der Waals surface area (Å²) in [6, 6.07) is 16.6.